The van der Waals surface area contributed by atoms with Crippen molar-refractivity contribution < 1.29 is 0 Å². The van der Waals surface area contributed by atoms with Gasteiger partial charge in [0.25, 0.3) is 0 Å². The SMILES string of the molecule is Cc1cc(Br)ccc1-c1nnc(CCNC(C)(C)C)s1. The molecule has 0 radical (unpaired) electrons. The summed E-state index contributed by atoms with van der Waals surface area (Å²) >= 11 is 5.16. The number of halogens is 1. The number of benzene rings is 1. The van der Waals surface area contributed by atoms with Gasteiger partial charge in [0.05, 0.1) is 0 Å². The molecule has 1 heterocycles. The Morgan fingerprint density at radius 1 is 1.25 bits per heavy atom. The molecule has 0 spiro atoms. The van der Waals surface area contributed by atoms with Crippen LogP contribution in [0.4, 0.5) is 0 Å². The van der Waals surface area contributed by atoms with Crippen LogP contribution in [0.3, 0.4) is 0 Å². The zero-order valence-electron chi connectivity index (χ0n) is 12.3. The van der Waals surface area contributed by atoms with Gasteiger partial charge in [-0.3, -0.25) is 0 Å². The number of nitrogens with one attached hydrogen (secondary N) is 1. The van der Waals surface area contributed by atoms with Gasteiger partial charge < -0.3 is 5.32 Å². The Labute approximate surface area is 133 Å². The molecule has 0 atom stereocenters. The van der Waals surface area contributed by atoms with Gasteiger partial charge in [-0.1, -0.05) is 33.3 Å². The predicted molar refractivity (Wildman–Crippen MR) is 89.2 cm³/mol. The molecule has 0 saturated carbocycles. The molecule has 108 valence electrons. The predicted octanol–water partition coefficient (Wildman–Crippen LogP) is 4.21. The molecule has 1 aromatic heterocycles. The second-order valence-corrected chi connectivity index (χ2v) is 7.86. The van der Waals surface area contributed by atoms with Gasteiger partial charge in [0.15, 0.2) is 0 Å². The molecular formula is C15H20BrN3S. The van der Waals surface area contributed by atoms with Crippen LogP contribution >= 0.6 is 27.3 Å². The Kier molecular flexibility index (Phi) is 4.94. The molecule has 0 amide bonds. The van der Waals surface area contributed by atoms with Crippen molar-refractivity contribution in [1.29, 1.82) is 0 Å². The topological polar surface area (TPSA) is 37.8 Å². The smallest absolute Gasteiger partial charge is 0.148 e. The van der Waals surface area contributed by atoms with Crippen molar-refractivity contribution in [2.24, 2.45) is 0 Å². The van der Waals surface area contributed by atoms with Crippen molar-refractivity contribution >= 4 is 27.3 Å². The second kappa shape index (κ2) is 6.33. The summed E-state index contributed by atoms with van der Waals surface area (Å²) in [5, 5.41) is 14.2. The summed E-state index contributed by atoms with van der Waals surface area (Å²) in [6.07, 6.45) is 0.921. The average Bonchev–Trinajstić information content (AvgIpc) is 2.75. The highest BCUT2D eigenvalue weighted by atomic mass is 79.9. The van der Waals surface area contributed by atoms with Gasteiger partial charge in [-0.2, -0.15) is 0 Å². The molecule has 0 aliphatic heterocycles. The van der Waals surface area contributed by atoms with E-state index in [1.54, 1.807) is 11.3 Å². The number of aryl methyl sites for hydroxylation is 1. The number of hydrogen-bond acceptors (Lipinski definition) is 4. The summed E-state index contributed by atoms with van der Waals surface area (Å²) in [4.78, 5) is 0. The summed E-state index contributed by atoms with van der Waals surface area (Å²) in [6, 6.07) is 6.25. The zero-order chi connectivity index (χ0) is 14.8. The van der Waals surface area contributed by atoms with Gasteiger partial charge in [-0.25, -0.2) is 0 Å². The molecule has 0 aliphatic carbocycles. The normalized spacial score (nSPS) is 11.8. The lowest BCUT2D eigenvalue weighted by atomic mass is 10.1. The fourth-order valence-electron chi connectivity index (χ4n) is 1.87. The Hall–Kier alpha value is -0.780. The maximum Gasteiger partial charge on any atom is 0.148 e. The average molecular weight is 354 g/mol. The molecule has 0 saturated heterocycles. The molecule has 2 rings (SSSR count). The fraction of sp³-hybridized carbons (Fsp3) is 0.467. The third-order valence-electron chi connectivity index (χ3n) is 2.88. The molecule has 0 aliphatic rings. The van der Waals surface area contributed by atoms with E-state index in [1.165, 1.54) is 11.1 Å². The van der Waals surface area contributed by atoms with Crippen molar-refractivity contribution in [2.75, 3.05) is 6.54 Å². The van der Waals surface area contributed by atoms with Crippen LogP contribution in [0, 0.1) is 6.92 Å². The summed E-state index contributed by atoms with van der Waals surface area (Å²) in [7, 11) is 0. The van der Waals surface area contributed by atoms with Gasteiger partial charge in [0.2, 0.25) is 0 Å². The Bertz CT molecular complexity index is 587. The number of rotatable bonds is 4. The lowest BCUT2D eigenvalue weighted by Gasteiger charge is -2.19. The molecular weight excluding hydrogens is 334 g/mol. The van der Waals surface area contributed by atoms with E-state index < -0.39 is 0 Å². The number of nitrogens with zero attached hydrogens (tertiary/aromatic N) is 2. The molecule has 2 aromatic rings. The molecule has 1 aromatic carbocycles. The molecule has 1 N–H and O–H groups in total. The van der Waals surface area contributed by atoms with Crippen LogP contribution in [0.2, 0.25) is 0 Å². The van der Waals surface area contributed by atoms with Crippen molar-refractivity contribution in [3.05, 3.63) is 33.2 Å². The van der Waals surface area contributed by atoms with E-state index in [0.717, 1.165) is 27.5 Å². The van der Waals surface area contributed by atoms with Crippen LogP contribution in [-0.4, -0.2) is 22.3 Å². The quantitative estimate of drug-likeness (QED) is 0.894. The van der Waals surface area contributed by atoms with Gasteiger partial charge in [0, 0.05) is 28.5 Å². The highest BCUT2D eigenvalue weighted by Crippen LogP contribution is 2.28. The van der Waals surface area contributed by atoms with Crippen molar-refractivity contribution in [1.82, 2.24) is 15.5 Å². The van der Waals surface area contributed by atoms with E-state index in [4.69, 9.17) is 0 Å². The maximum absolute atomic E-state index is 4.32. The first-order valence-electron chi connectivity index (χ1n) is 6.69. The summed E-state index contributed by atoms with van der Waals surface area (Å²) in [6.45, 7) is 9.54. The van der Waals surface area contributed by atoms with Crippen molar-refractivity contribution in [3.63, 3.8) is 0 Å². The molecule has 5 heteroatoms. The fourth-order valence-corrected chi connectivity index (χ4v) is 3.28. The van der Waals surface area contributed by atoms with E-state index in [2.05, 4.69) is 71.3 Å². The highest BCUT2D eigenvalue weighted by molar-refractivity contribution is 9.10. The minimum Gasteiger partial charge on any atom is -0.312 e. The van der Waals surface area contributed by atoms with Crippen molar-refractivity contribution in [2.45, 2.75) is 39.7 Å². The molecule has 0 bridgehead atoms. The summed E-state index contributed by atoms with van der Waals surface area (Å²) < 4.78 is 1.10. The monoisotopic (exact) mass is 353 g/mol. The molecule has 20 heavy (non-hydrogen) atoms. The van der Waals surface area contributed by atoms with Crippen LogP contribution < -0.4 is 5.32 Å². The first kappa shape index (κ1) is 15.6. The van der Waals surface area contributed by atoms with E-state index >= 15 is 0 Å². The van der Waals surface area contributed by atoms with Crippen LogP contribution in [0.1, 0.15) is 31.3 Å². The Morgan fingerprint density at radius 3 is 2.65 bits per heavy atom. The minimum atomic E-state index is 0.149. The Morgan fingerprint density at radius 2 is 2.00 bits per heavy atom. The lowest BCUT2D eigenvalue weighted by Crippen LogP contribution is -2.37. The molecule has 0 fully saturated rings. The zero-order valence-corrected chi connectivity index (χ0v) is 14.7. The number of hydrogen-bond donors (Lipinski definition) is 1. The second-order valence-electron chi connectivity index (χ2n) is 5.89. The van der Waals surface area contributed by atoms with E-state index in [9.17, 15) is 0 Å². The lowest BCUT2D eigenvalue weighted by molar-refractivity contribution is 0.429. The number of aromatic nitrogens is 2. The molecule has 0 unspecified atom stereocenters. The first-order chi connectivity index (χ1) is 9.35. The summed E-state index contributed by atoms with van der Waals surface area (Å²) in [5.41, 5.74) is 2.53. The first-order valence-corrected chi connectivity index (χ1v) is 8.30. The van der Waals surface area contributed by atoms with E-state index in [1.807, 2.05) is 6.07 Å². The third kappa shape index (κ3) is 4.36. The third-order valence-corrected chi connectivity index (χ3v) is 4.39. The van der Waals surface area contributed by atoms with Crippen LogP contribution in [0.25, 0.3) is 10.6 Å². The maximum atomic E-state index is 4.32. The van der Waals surface area contributed by atoms with Crippen LogP contribution in [-0.2, 0) is 6.42 Å². The largest absolute Gasteiger partial charge is 0.312 e. The van der Waals surface area contributed by atoms with Gasteiger partial charge in [0.1, 0.15) is 10.0 Å². The van der Waals surface area contributed by atoms with E-state index in [-0.39, 0.29) is 5.54 Å². The molecule has 3 nitrogen and oxygen atoms in total. The minimum absolute atomic E-state index is 0.149. The van der Waals surface area contributed by atoms with Crippen LogP contribution in [0.15, 0.2) is 22.7 Å². The standard InChI is InChI=1S/C15H20BrN3S/c1-10-9-11(16)5-6-12(10)14-19-18-13(20-14)7-8-17-15(2,3)4/h5-6,9,17H,7-8H2,1-4H3. The highest BCUT2D eigenvalue weighted by Gasteiger charge is 2.11. The van der Waals surface area contributed by atoms with E-state index in [0.29, 0.717) is 0 Å². The van der Waals surface area contributed by atoms with Crippen molar-refractivity contribution in [3.8, 4) is 10.6 Å². The Balaban J connectivity index is 2.05. The van der Waals surface area contributed by atoms with Crippen LogP contribution in [0.5, 0.6) is 0 Å². The van der Waals surface area contributed by atoms with Gasteiger partial charge in [-0.15, -0.1) is 10.2 Å². The van der Waals surface area contributed by atoms with Gasteiger partial charge in [-0.05, 0) is 45.4 Å². The summed E-state index contributed by atoms with van der Waals surface area (Å²) in [5.74, 6) is 0. The van der Waals surface area contributed by atoms with Gasteiger partial charge >= 0.3 is 0 Å².